The van der Waals surface area contributed by atoms with E-state index in [1.54, 1.807) is 6.08 Å². The molecule has 1 fully saturated rings. The highest BCUT2D eigenvalue weighted by atomic mass is 16.7. The topological polar surface area (TPSA) is 175 Å². The fourth-order valence-electron chi connectivity index (χ4n) is 9.58. The number of nitrogens with one attached hydrogen (secondary N) is 1. The zero-order chi connectivity index (χ0) is 56.6. The van der Waals surface area contributed by atoms with Crippen molar-refractivity contribution in [1.29, 1.82) is 0 Å². The van der Waals surface area contributed by atoms with E-state index in [0.29, 0.717) is 19.4 Å². The maximum absolute atomic E-state index is 13.0. The molecule has 452 valence electrons. The summed E-state index contributed by atoms with van der Waals surface area (Å²) in [6.07, 6.45) is 64.5. The highest BCUT2D eigenvalue weighted by Crippen LogP contribution is 2.23. The van der Waals surface area contributed by atoms with E-state index in [2.05, 4.69) is 79.9 Å². The van der Waals surface area contributed by atoms with E-state index in [1.165, 1.54) is 161 Å². The summed E-state index contributed by atoms with van der Waals surface area (Å²) in [7, 11) is 0. The summed E-state index contributed by atoms with van der Waals surface area (Å²) in [5.41, 5.74) is 0. The molecular formula is C67H119NO10. The Morgan fingerprint density at radius 3 is 1.35 bits per heavy atom. The molecule has 0 aromatic heterocycles. The SMILES string of the molecule is CCCC/C=C\CCCCCCCC(=O)OCCCCCCCCCCC/C=C\C/C=C\CCCCCCCCCCCCCC(=O)NC(COC1OC(CO)C(O)C(O)C1O)C(O)/C=C/CC/C=C/CC/C=C/CCCC. The van der Waals surface area contributed by atoms with Crippen molar-refractivity contribution in [3.8, 4) is 0 Å². The predicted molar refractivity (Wildman–Crippen MR) is 324 cm³/mol. The normalized spacial score (nSPS) is 19.0. The molecule has 6 N–H and O–H groups in total. The van der Waals surface area contributed by atoms with Crippen LogP contribution < -0.4 is 5.32 Å². The van der Waals surface area contributed by atoms with E-state index in [1.807, 2.05) is 6.08 Å². The molecule has 7 atom stereocenters. The Labute approximate surface area is 477 Å². The molecule has 1 aliphatic rings. The first-order valence-corrected chi connectivity index (χ1v) is 32.2. The molecule has 1 amide bonds. The van der Waals surface area contributed by atoms with Gasteiger partial charge in [-0.25, -0.2) is 0 Å². The molecule has 1 aliphatic heterocycles. The summed E-state index contributed by atoms with van der Waals surface area (Å²) in [5, 5.41) is 54.3. The molecule has 78 heavy (non-hydrogen) atoms. The van der Waals surface area contributed by atoms with Gasteiger partial charge in [-0.2, -0.15) is 0 Å². The summed E-state index contributed by atoms with van der Waals surface area (Å²) >= 11 is 0. The number of carbonyl (C=O) groups is 2. The van der Waals surface area contributed by atoms with E-state index in [0.717, 1.165) is 89.9 Å². The number of hydrogen-bond donors (Lipinski definition) is 6. The zero-order valence-corrected chi connectivity index (χ0v) is 49.9. The Morgan fingerprint density at radius 2 is 0.872 bits per heavy atom. The Bertz CT molecular complexity index is 1520. The summed E-state index contributed by atoms with van der Waals surface area (Å²) in [6, 6.07) is -0.838. The average Bonchev–Trinajstić information content (AvgIpc) is 3.44. The predicted octanol–water partition coefficient (Wildman–Crippen LogP) is 15.6. The first-order valence-electron chi connectivity index (χ1n) is 32.2. The van der Waals surface area contributed by atoms with Gasteiger partial charge in [-0.1, -0.05) is 234 Å². The smallest absolute Gasteiger partial charge is 0.305 e. The third-order valence-electron chi connectivity index (χ3n) is 14.7. The molecule has 0 spiro atoms. The second kappa shape index (κ2) is 56.0. The lowest BCUT2D eigenvalue weighted by Crippen LogP contribution is -2.60. The first kappa shape index (κ1) is 73.1. The lowest BCUT2D eigenvalue weighted by molar-refractivity contribution is -0.302. The molecule has 11 nitrogen and oxygen atoms in total. The van der Waals surface area contributed by atoms with Crippen LogP contribution in [0.2, 0.25) is 0 Å². The lowest BCUT2D eigenvalue weighted by Gasteiger charge is -2.40. The number of rotatable bonds is 55. The van der Waals surface area contributed by atoms with E-state index < -0.39 is 49.5 Å². The number of amides is 1. The molecule has 0 aromatic rings. The largest absolute Gasteiger partial charge is 0.466 e. The number of carbonyl (C=O) groups excluding carboxylic acids is 2. The maximum atomic E-state index is 13.0. The third-order valence-corrected chi connectivity index (χ3v) is 14.7. The maximum Gasteiger partial charge on any atom is 0.305 e. The fraction of sp³-hybridized carbons (Fsp3) is 0.791. The third kappa shape index (κ3) is 44.8. The quantitative estimate of drug-likeness (QED) is 0.0195. The van der Waals surface area contributed by atoms with Gasteiger partial charge in [0, 0.05) is 12.8 Å². The summed E-state index contributed by atoms with van der Waals surface area (Å²) in [5.74, 6) is -0.213. The van der Waals surface area contributed by atoms with E-state index in [9.17, 15) is 35.1 Å². The molecule has 0 saturated carbocycles. The van der Waals surface area contributed by atoms with Crippen molar-refractivity contribution in [3.05, 3.63) is 72.9 Å². The van der Waals surface area contributed by atoms with Gasteiger partial charge in [0.25, 0.3) is 0 Å². The van der Waals surface area contributed by atoms with Crippen LogP contribution in [0.3, 0.4) is 0 Å². The van der Waals surface area contributed by atoms with Crippen molar-refractivity contribution in [2.45, 2.75) is 320 Å². The number of allylic oxidation sites excluding steroid dienone is 11. The van der Waals surface area contributed by atoms with Crippen molar-refractivity contribution in [3.63, 3.8) is 0 Å². The van der Waals surface area contributed by atoms with Crippen LogP contribution in [0.1, 0.15) is 277 Å². The number of esters is 1. The van der Waals surface area contributed by atoms with Gasteiger partial charge in [0.2, 0.25) is 5.91 Å². The lowest BCUT2D eigenvalue weighted by atomic mass is 9.99. The summed E-state index contributed by atoms with van der Waals surface area (Å²) < 4.78 is 16.7. The minimum atomic E-state index is -1.58. The van der Waals surface area contributed by atoms with Gasteiger partial charge >= 0.3 is 5.97 Å². The second-order valence-corrected chi connectivity index (χ2v) is 22.1. The molecule has 1 saturated heterocycles. The number of unbranched alkanes of at least 4 members (excludes halogenated alkanes) is 31. The first-order chi connectivity index (χ1) is 38.2. The van der Waals surface area contributed by atoms with Crippen molar-refractivity contribution < 1.29 is 49.3 Å². The van der Waals surface area contributed by atoms with Crippen LogP contribution >= 0.6 is 0 Å². The molecule has 0 aliphatic carbocycles. The molecular weight excluding hydrogens is 979 g/mol. The van der Waals surface area contributed by atoms with Crippen molar-refractivity contribution in [2.24, 2.45) is 0 Å². The molecule has 0 bridgehead atoms. The zero-order valence-electron chi connectivity index (χ0n) is 49.9. The van der Waals surface area contributed by atoms with Crippen LogP contribution in [-0.4, -0.2) is 100 Å². The second-order valence-electron chi connectivity index (χ2n) is 22.1. The summed E-state index contributed by atoms with van der Waals surface area (Å²) in [4.78, 5) is 25.0. The van der Waals surface area contributed by atoms with Crippen molar-refractivity contribution in [2.75, 3.05) is 19.8 Å². The van der Waals surface area contributed by atoms with Gasteiger partial charge in [-0.05, 0) is 103 Å². The van der Waals surface area contributed by atoms with Gasteiger partial charge in [-0.3, -0.25) is 9.59 Å². The van der Waals surface area contributed by atoms with Gasteiger partial charge in [0.05, 0.1) is 32.0 Å². The van der Waals surface area contributed by atoms with Gasteiger partial charge in [0.1, 0.15) is 24.4 Å². The summed E-state index contributed by atoms with van der Waals surface area (Å²) in [6.45, 7) is 4.23. The number of ether oxygens (including phenoxy) is 3. The number of aliphatic hydroxyl groups is 5. The molecule has 1 rings (SSSR count). The van der Waals surface area contributed by atoms with E-state index in [-0.39, 0.29) is 18.5 Å². The molecule has 0 aromatic carbocycles. The standard InChI is InChI=1S/C67H119NO10/c1-3-5-7-9-11-13-15-34-37-41-45-49-53-60(70)59(58-77-67-66(75)65(74)64(73)61(57-69)78-67)68-62(71)54-50-46-42-38-35-31-29-27-25-23-21-19-17-16-18-20-22-24-26-28-30-32-36-40-44-48-52-56-76-63(72)55-51-47-43-39-33-14-12-10-8-6-4-2/h9-12,16-17,20,22,34,37,49,53,59-61,64-67,69-70,73-75H,3-8,13-15,18-19,21,23-33,35-36,38-48,50-52,54-58H2,1-2H3,(H,68,71)/b11-9+,12-10-,17-16-,22-20-,37-34+,53-49+. The van der Waals surface area contributed by atoms with Crippen molar-refractivity contribution in [1.82, 2.24) is 5.32 Å². The fourth-order valence-corrected chi connectivity index (χ4v) is 9.58. The van der Waals surface area contributed by atoms with Crippen LogP contribution in [0.5, 0.6) is 0 Å². The number of aliphatic hydroxyl groups excluding tert-OH is 5. The van der Waals surface area contributed by atoms with Gasteiger partial charge in [0.15, 0.2) is 6.29 Å². The Kier molecular flexibility index (Phi) is 52.5. The van der Waals surface area contributed by atoms with Crippen LogP contribution in [0.25, 0.3) is 0 Å². The molecule has 0 radical (unpaired) electrons. The highest BCUT2D eigenvalue weighted by Gasteiger charge is 2.44. The highest BCUT2D eigenvalue weighted by molar-refractivity contribution is 5.76. The average molecular weight is 1100 g/mol. The molecule has 1 heterocycles. The van der Waals surface area contributed by atoms with Crippen LogP contribution in [0, 0.1) is 0 Å². The Hall–Kier alpha value is -2.90. The molecule has 11 heteroatoms. The van der Waals surface area contributed by atoms with Crippen molar-refractivity contribution >= 4 is 11.9 Å². The van der Waals surface area contributed by atoms with Crippen LogP contribution in [0.15, 0.2) is 72.9 Å². The van der Waals surface area contributed by atoms with Crippen LogP contribution in [-0.2, 0) is 23.8 Å². The Morgan fingerprint density at radius 1 is 0.474 bits per heavy atom. The van der Waals surface area contributed by atoms with Gasteiger partial charge in [-0.15, -0.1) is 0 Å². The Balaban J connectivity index is 2.04. The number of hydrogen-bond acceptors (Lipinski definition) is 10. The van der Waals surface area contributed by atoms with E-state index in [4.69, 9.17) is 14.2 Å². The minimum Gasteiger partial charge on any atom is -0.466 e. The van der Waals surface area contributed by atoms with E-state index >= 15 is 0 Å². The van der Waals surface area contributed by atoms with Gasteiger partial charge < -0.3 is 45.1 Å². The monoisotopic (exact) mass is 1100 g/mol. The van der Waals surface area contributed by atoms with Crippen LogP contribution in [0.4, 0.5) is 0 Å². The minimum absolute atomic E-state index is 0.0115. The molecule has 7 unspecified atom stereocenters.